The molecular weight excluding hydrogens is 334 g/mol. The van der Waals surface area contributed by atoms with Crippen LogP contribution in [-0.4, -0.2) is 18.1 Å². The number of phenols is 1. The molecule has 0 bridgehead atoms. The van der Waals surface area contributed by atoms with Crippen LogP contribution in [0.25, 0.3) is 11.0 Å². The summed E-state index contributed by atoms with van der Waals surface area (Å²) in [4.78, 5) is 24.5. The number of carbonyl (C=O) groups excluding carboxylic acids is 1. The Morgan fingerprint density at radius 1 is 1.23 bits per heavy atom. The van der Waals surface area contributed by atoms with E-state index in [-0.39, 0.29) is 18.1 Å². The standard InChI is InChI=1S/C20H19NO5/c1-12-15-8-7-14(22)9-18(15)26-20(24)16(12)10-19(23)21-11-13-5-3-4-6-17(13)25-2/h3-9,22H,10-11H2,1-2H3,(H,21,23). The highest BCUT2D eigenvalue weighted by atomic mass is 16.5. The monoisotopic (exact) mass is 353 g/mol. The van der Waals surface area contributed by atoms with E-state index in [4.69, 9.17) is 9.15 Å². The molecule has 3 rings (SSSR count). The molecule has 2 N–H and O–H groups in total. The normalized spacial score (nSPS) is 10.7. The minimum atomic E-state index is -0.576. The summed E-state index contributed by atoms with van der Waals surface area (Å²) in [6.07, 6.45) is -0.0832. The van der Waals surface area contributed by atoms with Crippen LogP contribution in [0.5, 0.6) is 11.5 Å². The first-order valence-electron chi connectivity index (χ1n) is 8.13. The van der Waals surface area contributed by atoms with Crippen molar-refractivity contribution >= 4 is 16.9 Å². The van der Waals surface area contributed by atoms with E-state index < -0.39 is 5.63 Å². The summed E-state index contributed by atoms with van der Waals surface area (Å²) in [6.45, 7) is 2.06. The van der Waals surface area contributed by atoms with Gasteiger partial charge in [0.1, 0.15) is 17.1 Å². The minimum Gasteiger partial charge on any atom is -0.508 e. The number of hydrogen-bond acceptors (Lipinski definition) is 5. The van der Waals surface area contributed by atoms with Crippen molar-refractivity contribution in [1.82, 2.24) is 5.32 Å². The highest BCUT2D eigenvalue weighted by molar-refractivity contribution is 5.85. The van der Waals surface area contributed by atoms with Crippen molar-refractivity contribution in [3.05, 3.63) is 69.6 Å². The van der Waals surface area contributed by atoms with Gasteiger partial charge >= 0.3 is 5.63 Å². The number of ether oxygens (including phenoxy) is 1. The Balaban J connectivity index is 1.79. The number of phenolic OH excluding ortho intramolecular Hbond substituents is 1. The molecule has 6 nitrogen and oxygen atoms in total. The van der Waals surface area contributed by atoms with E-state index in [1.54, 1.807) is 20.1 Å². The molecule has 0 aliphatic rings. The molecule has 0 aliphatic heterocycles. The average Bonchev–Trinajstić information content (AvgIpc) is 2.63. The van der Waals surface area contributed by atoms with Gasteiger partial charge in [0.25, 0.3) is 0 Å². The zero-order chi connectivity index (χ0) is 18.7. The lowest BCUT2D eigenvalue weighted by Crippen LogP contribution is -2.27. The molecule has 0 fully saturated rings. The Morgan fingerprint density at radius 2 is 2.00 bits per heavy atom. The molecule has 1 amide bonds. The first-order valence-corrected chi connectivity index (χ1v) is 8.13. The third kappa shape index (κ3) is 3.54. The maximum Gasteiger partial charge on any atom is 0.340 e. The summed E-state index contributed by atoms with van der Waals surface area (Å²) < 4.78 is 10.5. The summed E-state index contributed by atoms with van der Waals surface area (Å²) in [6, 6.07) is 12.0. The largest absolute Gasteiger partial charge is 0.508 e. The number of aryl methyl sites for hydroxylation is 1. The van der Waals surface area contributed by atoms with Crippen LogP contribution in [0.4, 0.5) is 0 Å². The Kier molecular flexibility index (Phi) is 4.93. The second-order valence-corrected chi connectivity index (χ2v) is 5.94. The smallest absolute Gasteiger partial charge is 0.340 e. The van der Waals surface area contributed by atoms with Gasteiger partial charge < -0.3 is 19.6 Å². The summed E-state index contributed by atoms with van der Waals surface area (Å²) in [5, 5.41) is 13.0. The lowest BCUT2D eigenvalue weighted by Gasteiger charge is -2.11. The Labute approximate surface area is 150 Å². The molecule has 0 unspecified atom stereocenters. The van der Waals surface area contributed by atoms with Gasteiger partial charge in [-0.05, 0) is 30.7 Å². The summed E-state index contributed by atoms with van der Waals surface area (Å²) in [5.41, 5.74) is 1.55. The topological polar surface area (TPSA) is 88.8 Å². The molecule has 134 valence electrons. The van der Waals surface area contributed by atoms with Crippen molar-refractivity contribution in [3.63, 3.8) is 0 Å². The highest BCUT2D eigenvalue weighted by Crippen LogP contribution is 2.23. The molecule has 0 atom stereocenters. The average molecular weight is 353 g/mol. The maximum atomic E-state index is 12.3. The van der Waals surface area contributed by atoms with Crippen molar-refractivity contribution in [3.8, 4) is 11.5 Å². The fourth-order valence-corrected chi connectivity index (χ4v) is 2.85. The number of hydrogen-bond donors (Lipinski definition) is 2. The molecule has 0 spiro atoms. The van der Waals surface area contributed by atoms with Crippen molar-refractivity contribution in [2.45, 2.75) is 19.9 Å². The van der Waals surface area contributed by atoms with Crippen molar-refractivity contribution in [1.29, 1.82) is 0 Å². The van der Waals surface area contributed by atoms with Crippen molar-refractivity contribution < 1.29 is 19.1 Å². The quantitative estimate of drug-likeness (QED) is 0.689. The van der Waals surface area contributed by atoms with Gasteiger partial charge in [-0.15, -0.1) is 0 Å². The molecule has 6 heteroatoms. The third-order valence-corrected chi connectivity index (χ3v) is 4.28. The number of fused-ring (bicyclic) bond motifs is 1. The van der Waals surface area contributed by atoms with Crippen molar-refractivity contribution in [2.24, 2.45) is 0 Å². The fraction of sp³-hybridized carbons (Fsp3) is 0.200. The van der Waals surface area contributed by atoms with E-state index in [0.717, 1.165) is 5.56 Å². The molecule has 0 saturated carbocycles. The van der Waals surface area contributed by atoms with Crippen LogP contribution in [0, 0.1) is 6.92 Å². The van der Waals surface area contributed by atoms with Gasteiger partial charge in [-0.1, -0.05) is 18.2 Å². The summed E-state index contributed by atoms with van der Waals surface area (Å²) in [5.74, 6) is 0.417. The third-order valence-electron chi connectivity index (χ3n) is 4.28. The van der Waals surface area contributed by atoms with Gasteiger partial charge in [0.15, 0.2) is 0 Å². The number of carbonyl (C=O) groups is 1. The van der Waals surface area contributed by atoms with Crippen LogP contribution in [0.15, 0.2) is 51.7 Å². The van der Waals surface area contributed by atoms with Gasteiger partial charge in [-0.2, -0.15) is 0 Å². The molecular formula is C20H19NO5. The van der Waals surface area contributed by atoms with Gasteiger partial charge in [0, 0.05) is 23.6 Å². The van der Waals surface area contributed by atoms with E-state index in [1.807, 2.05) is 24.3 Å². The first kappa shape index (κ1) is 17.5. The van der Waals surface area contributed by atoms with Crippen LogP contribution >= 0.6 is 0 Å². The predicted octanol–water partition coefficient (Wildman–Crippen LogP) is 2.67. The zero-order valence-corrected chi connectivity index (χ0v) is 14.5. The van der Waals surface area contributed by atoms with Crippen LogP contribution < -0.4 is 15.7 Å². The molecule has 3 aromatic rings. The molecule has 0 saturated heterocycles. The van der Waals surface area contributed by atoms with Crippen molar-refractivity contribution in [2.75, 3.05) is 7.11 Å². The van der Waals surface area contributed by atoms with Gasteiger partial charge in [0.2, 0.25) is 5.91 Å². The number of rotatable bonds is 5. The predicted molar refractivity (Wildman–Crippen MR) is 97.4 cm³/mol. The molecule has 26 heavy (non-hydrogen) atoms. The van der Waals surface area contributed by atoms with Gasteiger partial charge in [0.05, 0.1) is 19.1 Å². The SMILES string of the molecule is COc1ccccc1CNC(=O)Cc1c(C)c2ccc(O)cc2oc1=O. The number of nitrogens with one attached hydrogen (secondary N) is 1. The molecule has 1 heterocycles. The highest BCUT2D eigenvalue weighted by Gasteiger charge is 2.15. The molecule has 1 aromatic heterocycles. The molecule has 2 aromatic carbocycles. The van der Waals surface area contributed by atoms with E-state index in [9.17, 15) is 14.7 Å². The van der Waals surface area contributed by atoms with Crippen LogP contribution in [0.2, 0.25) is 0 Å². The number of para-hydroxylation sites is 1. The van der Waals surface area contributed by atoms with E-state index >= 15 is 0 Å². The molecule has 0 aliphatic carbocycles. The van der Waals surface area contributed by atoms with Crippen LogP contribution in [-0.2, 0) is 17.8 Å². The molecule has 0 radical (unpaired) electrons. The summed E-state index contributed by atoms with van der Waals surface area (Å²) in [7, 11) is 1.57. The zero-order valence-electron chi connectivity index (χ0n) is 14.5. The Hall–Kier alpha value is -3.28. The Morgan fingerprint density at radius 3 is 2.77 bits per heavy atom. The van der Waals surface area contributed by atoms with Gasteiger partial charge in [-0.3, -0.25) is 4.79 Å². The van der Waals surface area contributed by atoms with Crippen LogP contribution in [0.3, 0.4) is 0 Å². The number of amides is 1. The first-order chi connectivity index (χ1) is 12.5. The number of aromatic hydroxyl groups is 1. The minimum absolute atomic E-state index is 0.0161. The second-order valence-electron chi connectivity index (χ2n) is 5.94. The van der Waals surface area contributed by atoms with E-state index in [0.29, 0.717) is 34.4 Å². The Bertz CT molecular complexity index is 1020. The lowest BCUT2D eigenvalue weighted by molar-refractivity contribution is -0.120. The second kappa shape index (κ2) is 7.31. The van der Waals surface area contributed by atoms with E-state index in [1.165, 1.54) is 12.1 Å². The fourth-order valence-electron chi connectivity index (χ4n) is 2.85. The van der Waals surface area contributed by atoms with E-state index in [2.05, 4.69) is 5.32 Å². The summed E-state index contributed by atoms with van der Waals surface area (Å²) >= 11 is 0. The lowest BCUT2D eigenvalue weighted by atomic mass is 10.0. The van der Waals surface area contributed by atoms with Gasteiger partial charge in [-0.25, -0.2) is 4.79 Å². The maximum absolute atomic E-state index is 12.3. The van der Waals surface area contributed by atoms with Crippen LogP contribution in [0.1, 0.15) is 16.7 Å². The number of methoxy groups -OCH3 is 1. The number of benzene rings is 2.